The molecule has 0 aliphatic rings. The lowest BCUT2D eigenvalue weighted by atomic mass is 10.0. The maximum Gasteiger partial charge on any atom is 0.244 e. The van der Waals surface area contributed by atoms with Crippen molar-refractivity contribution in [2.45, 2.75) is 53.1 Å². The van der Waals surface area contributed by atoms with E-state index in [9.17, 15) is 18.0 Å². The Hall–Kier alpha value is -2.58. The molecule has 7 nitrogen and oxygen atoms in total. The van der Waals surface area contributed by atoms with Crippen LogP contribution in [0.5, 0.6) is 0 Å². The second kappa shape index (κ2) is 12.4. The van der Waals surface area contributed by atoms with Crippen LogP contribution in [0, 0.1) is 5.92 Å². The van der Waals surface area contributed by atoms with E-state index in [-0.39, 0.29) is 24.3 Å². The van der Waals surface area contributed by atoms with E-state index in [1.54, 1.807) is 43.3 Å². The molecule has 0 bridgehead atoms. The standard InChI is InChI=1S/C26H36ClN3O4S/c1-18(2)15-28-26(32)20(5)29(16-22-9-7-8-10-24(22)27)25(31)17-30(35(6,33)34)23-13-11-21(12-14-23)19(3)4/h7-14,18-20H,15-17H2,1-6H3,(H,28,32)/t20-/m0/s1. The van der Waals surface area contributed by atoms with Gasteiger partial charge in [0.1, 0.15) is 12.6 Å². The monoisotopic (exact) mass is 521 g/mol. The summed E-state index contributed by atoms with van der Waals surface area (Å²) in [6.45, 7) is 9.78. The summed E-state index contributed by atoms with van der Waals surface area (Å²) in [7, 11) is -3.77. The predicted octanol–water partition coefficient (Wildman–Crippen LogP) is 4.42. The van der Waals surface area contributed by atoms with Gasteiger partial charge in [-0.15, -0.1) is 0 Å². The maximum atomic E-state index is 13.5. The van der Waals surface area contributed by atoms with Gasteiger partial charge in [0.15, 0.2) is 0 Å². The molecule has 0 unspecified atom stereocenters. The molecule has 0 saturated carbocycles. The summed E-state index contributed by atoms with van der Waals surface area (Å²) in [4.78, 5) is 27.8. The van der Waals surface area contributed by atoms with E-state index < -0.39 is 28.5 Å². The van der Waals surface area contributed by atoms with Crippen LogP contribution in [0.25, 0.3) is 0 Å². The van der Waals surface area contributed by atoms with Gasteiger partial charge in [-0.1, -0.05) is 69.6 Å². The van der Waals surface area contributed by atoms with Crippen LogP contribution in [0.2, 0.25) is 5.02 Å². The number of amides is 2. The van der Waals surface area contributed by atoms with Gasteiger partial charge < -0.3 is 10.2 Å². The Labute approximate surface area is 214 Å². The summed E-state index contributed by atoms with van der Waals surface area (Å²) in [6, 6.07) is 13.3. The van der Waals surface area contributed by atoms with Crippen molar-refractivity contribution in [1.82, 2.24) is 10.2 Å². The van der Waals surface area contributed by atoms with Crippen molar-refractivity contribution < 1.29 is 18.0 Å². The Bertz CT molecular complexity index is 1120. The van der Waals surface area contributed by atoms with Crippen LogP contribution in [-0.4, -0.2) is 50.5 Å². The Balaban J connectivity index is 2.38. The van der Waals surface area contributed by atoms with E-state index in [0.29, 0.717) is 22.8 Å². The van der Waals surface area contributed by atoms with Crippen LogP contribution >= 0.6 is 11.6 Å². The second-order valence-electron chi connectivity index (χ2n) is 9.44. The van der Waals surface area contributed by atoms with Crippen LogP contribution in [0.4, 0.5) is 5.69 Å². The Kier molecular flexibility index (Phi) is 10.2. The van der Waals surface area contributed by atoms with Gasteiger partial charge in [-0.3, -0.25) is 13.9 Å². The van der Waals surface area contributed by atoms with Crippen molar-refractivity contribution in [2.75, 3.05) is 23.7 Å². The van der Waals surface area contributed by atoms with Gasteiger partial charge in [-0.05, 0) is 48.1 Å². The first kappa shape index (κ1) is 28.7. The fraction of sp³-hybridized carbons (Fsp3) is 0.462. The number of nitrogens with one attached hydrogen (secondary N) is 1. The summed E-state index contributed by atoms with van der Waals surface area (Å²) in [5, 5.41) is 3.31. The van der Waals surface area contributed by atoms with Crippen LogP contribution < -0.4 is 9.62 Å². The minimum absolute atomic E-state index is 0.0681. The van der Waals surface area contributed by atoms with E-state index in [0.717, 1.165) is 16.1 Å². The minimum atomic E-state index is -3.77. The number of carbonyl (C=O) groups excluding carboxylic acids is 2. The lowest BCUT2D eigenvalue weighted by molar-refractivity contribution is -0.139. The van der Waals surface area contributed by atoms with E-state index in [2.05, 4.69) is 5.32 Å². The molecule has 1 N–H and O–H groups in total. The molecule has 0 spiro atoms. The van der Waals surface area contributed by atoms with Crippen molar-refractivity contribution >= 4 is 39.1 Å². The Morgan fingerprint density at radius 3 is 2.09 bits per heavy atom. The summed E-state index contributed by atoms with van der Waals surface area (Å²) in [5.41, 5.74) is 2.11. The molecule has 192 valence electrons. The summed E-state index contributed by atoms with van der Waals surface area (Å²) in [5.74, 6) is -0.288. The normalized spacial score (nSPS) is 12.5. The zero-order valence-corrected chi connectivity index (χ0v) is 22.9. The largest absolute Gasteiger partial charge is 0.354 e. The number of nitrogens with zero attached hydrogens (tertiary/aromatic N) is 2. The minimum Gasteiger partial charge on any atom is -0.354 e. The molecule has 9 heteroatoms. The van der Waals surface area contributed by atoms with Gasteiger partial charge in [0, 0.05) is 18.1 Å². The highest BCUT2D eigenvalue weighted by molar-refractivity contribution is 7.92. The predicted molar refractivity (Wildman–Crippen MR) is 142 cm³/mol. The highest BCUT2D eigenvalue weighted by Gasteiger charge is 2.30. The Morgan fingerprint density at radius 2 is 1.57 bits per heavy atom. The zero-order valence-electron chi connectivity index (χ0n) is 21.3. The van der Waals surface area contributed by atoms with Gasteiger partial charge in [0.05, 0.1) is 11.9 Å². The van der Waals surface area contributed by atoms with Crippen LogP contribution in [0.3, 0.4) is 0 Å². The van der Waals surface area contributed by atoms with Gasteiger partial charge >= 0.3 is 0 Å². The van der Waals surface area contributed by atoms with Gasteiger partial charge in [0.25, 0.3) is 0 Å². The molecular formula is C26H36ClN3O4S. The van der Waals surface area contributed by atoms with E-state index in [4.69, 9.17) is 11.6 Å². The molecule has 0 aromatic heterocycles. The molecular weight excluding hydrogens is 486 g/mol. The number of halogens is 1. The molecule has 0 saturated heterocycles. The molecule has 1 atom stereocenters. The number of benzene rings is 2. The van der Waals surface area contributed by atoms with Gasteiger partial charge in [0.2, 0.25) is 21.8 Å². The molecule has 0 fully saturated rings. The van der Waals surface area contributed by atoms with Crippen LogP contribution in [0.1, 0.15) is 51.7 Å². The number of hydrogen-bond donors (Lipinski definition) is 1. The second-order valence-corrected chi connectivity index (χ2v) is 11.8. The van der Waals surface area contributed by atoms with Crippen molar-refractivity contribution in [1.29, 1.82) is 0 Å². The van der Waals surface area contributed by atoms with Crippen molar-refractivity contribution in [3.05, 3.63) is 64.7 Å². The zero-order chi connectivity index (χ0) is 26.3. The fourth-order valence-electron chi connectivity index (χ4n) is 3.48. The fourth-order valence-corrected chi connectivity index (χ4v) is 4.53. The Morgan fingerprint density at radius 1 is 0.971 bits per heavy atom. The number of carbonyl (C=O) groups is 2. The topological polar surface area (TPSA) is 86.8 Å². The average Bonchev–Trinajstić information content (AvgIpc) is 2.79. The number of sulfonamides is 1. The van der Waals surface area contributed by atoms with E-state index >= 15 is 0 Å². The summed E-state index contributed by atoms with van der Waals surface area (Å²) in [6.07, 6.45) is 1.06. The van der Waals surface area contributed by atoms with Crippen molar-refractivity contribution in [2.24, 2.45) is 5.92 Å². The lowest BCUT2D eigenvalue weighted by Crippen LogP contribution is -2.51. The molecule has 2 amide bonds. The van der Waals surface area contributed by atoms with Crippen LogP contribution in [0.15, 0.2) is 48.5 Å². The maximum absolute atomic E-state index is 13.5. The SMILES string of the molecule is CC(C)CNC(=O)[C@H](C)N(Cc1ccccc1Cl)C(=O)CN(c1ccc(C(C)C)cc1)S(C)(=O)=O. The molecule has 0 heterocycles. The number of rotatable bonds is 11. The van der Waals surface area contributed by atoms with E-state index in [1.807, 2.05) is 39.8 Å². The molecule has 0 radical (unpaired) electrons. The first-order valence-electron chi connectivity index (χ1n) is 11.7. The molecule has 2 aromatic rings. The third kappa shape index (κ3) is 8.25. The first-order chi connectivity index (χ1) is 16.3. The third-order valence-corrected chi connectivity index (χ3v) is 7.19. The molecule has 2 rings (SSSR count). The smallest absolute Gasteiger partial charge is 0.244 e. The number of anilines is 1. The molecule has 0 aliphatic heterocycles. The quantitative estimate of drug-likeness (QED) is 0.474. The molecule has 0 aliphatic carbocycles. The lowest BCUT2D eigenvalue weighted by Gasteiger charge is -2.32. The summed E-state index contributed by atoms with van der Waals surface area (Å²) < 4.78 is 26.4. The number of hydrogen-bond acceptors (Lipinski definition) is 4. The van der Waals surface area contributed by atoms with Gasteiger partial charge in [-0.25, -0.2) is 8.42 Å². The molecule has 2 aromatic carbocycles. The van der Waals surface area contributed by atoms with Crippen molar-refractivity contribution in [3.8, 4) is 0 Å². The molecule has 35 heavy (non-hydrogen) atoms. The first-order valence-corrected chi connectivity index (χ1v) is 13.9. The highest BCUT2D eigenvalue weighted by atomic mass is 35.5. The third-order valence-electron chi connectivity index (χ3n) is 5.68. The van der Waals surface area contributed by atoms with E-state index in [1.165, 1.54) is 4.90 Å². The van der Waals surface area contributed by atoms with Gasteiger partial charge in [-0.2, -0.15) is 0 Å². The summed E-state index contributed by atoms with van der Waals surface area (Å²) >= 11 is 6.33. The van der Waals surface area contributed by atoms with Crippen LogP contribution in [-0.2, 0) is 26.2 Å². The average molecular weight is 522 g/mol. The highest BCUT2D eigenvalue weighted by Crippen LogP contribution is 2.23. The van der Waals surface area contributed by atoms with Crippen molar-refractivity contribution in [3.63, 3.8) is 0 Å².